The number of amides is 2. The van der Waals surface area contributed by atoms with Crippen LogP contribution in [0.3, 0.4) is 0 Å². The van der Waals surface area contributed by atoms with E-state index in [1.54, 1.807) is 24.5 Å². The zero-order valence-corrected chi connectivity index (χ0v) is 16.2. The van der Waals surface area contributed by atoms with Crippen LogP contribution in [-0.2, 0) is 4.79 Å². The van der Waals surface area contributed by atoms with Crippen LogP contribution in [0, 0.1) is 0 Å². The molecule has 0 bridgehead atoms. The van der Waals surface area contributed by atoms with Crippen molar-refractivity contribution in [3.63, 3.8) is 0 Å². The predicted molar refractivity (Wildman–Crippen MR) is 115 cm³/mol. The van der Waals surface area contributed by atoms with Crippen molar-refractivity contribution in [3.8, 4) is 5.69 Å². The second-order valence-electron chi connectivity index (χ2n) is 6.36. The van der Waals surface area contributed by atoms with E-state index in [2.05, 4.69) is 10.3 Å². The first-order valence-corrected chi connectivity index (χ1v) is 9.94. The molecule has 4 aromatic rings. The largest absolute Gasteiger partial charge is 0.369 e. The van der Waals surface area contributed by atoms with Crippen molar-refractivity contribution in [2.24, 2.45) is 5.73 Å². The van der Waals surface area contributed by atoms with E-state index in [1.165, 1.54) is 11.8 Å². The first-order chi connectivity index (χ1) is 14.1. The van der Waals surface area contributed by atoms with Gasteiger partial charge in [0.05, 0.1) is 22.3 Å². The van der Waals surface area contributed by atoms with Crippen LogP contribution in [-0.4, -0.2) is 27.1 Å². The predicted octanol–water partition coefficient (Wildman–Crippen LogP) is 3.86. The lowest BCUT2D eigenvalue weighted by atomic mass is 10.2. The number of fused-ring (bicyclic) bond motifs is 1. The third-order valence-electron chi connectivity index (χ3n) is 4.34. The van der Waals surface area contributed by atoms with Gasteiger partial charge >= 0.3 is 0 Å². The highest BCUT2D eigenvalue weighted by Gasteiger charge is 2.13. The summed E-state index contributed by atoms with van der Waals surface area (Å²) in [6.45, 7) is 0. The molecule has 1 heterocycles. The van der Waals surface area contributed by atoms with E-state index in [0.717, 1.165) is 16.7 Å². The number of para-hydroxylation sites is 1. The smallest absolute Gasteiger partial charge is 0.256 e. The number of nitrogens with two attached hydrogens (primary N) is 1. The fraction of sp³-hybridized carbons (Fsp3) is 0.0455. The molecular weight excluding hydrogens is 384 g/mol. The van der Waals surface area contributed by atoms with Gasteiger partial charge in [-0.2, -0.15) is 0 Å². The summed E-state index contributed by atoms with van der Waals surface area (Å²) < 4.78 is 2.00. The van der Waals surface area contributed by atoms with E-state index in [-0.39, 0.29) is 11.7 Å². The Morgan fingerprint density at radius 1 is 1.00 bits per heavy atom. The number of carbonyl (C=O) groups excluding carboxylic acids is 2. The van der Waals surface area contributed by atoms with Crippen LogP contribution < -0.4 is 11.1 Å². The number of rotatable bonds is 6. The molecule has 0 unspecified atom stereocenters. The number of benzene rings is 3. The third-order valence-corrected chi connectivity index (χ3v) is 5.44. The molecule has 0 fully saturated rings. The van der Waals surface area contributed by atoms with Crippen LogP contribution >= 0.6 is 11.8 Å². The van der Waals surface area contributed by atoms with E-state index >= 15 is 0 Å². The van der Waals surface area contributed by atoms with Crippen LogP contribution in [0.4, 0.5) is 5.69 Å². The Kier molecular flexibility index (Phi) is 5.31. The molecule has 3 aromatic carbocycles. The number of nitrogens with zero attached hydrogens (tertiary/aromatic N) is 2. The number of primary amides is 1. The number of aromatic nitrogens is 2. The van der Waals surface area contributed by atoms with Crippen LogP contribution in [0.5, 0.6) is 0 Å². The maximum Gasteiger partial charge on any atom is 0.256 e. The van der Waals surface area contributed by atoms with Crippen molar-refractivity contribution in [2.75, 3.05) is 11.1 Å². The van der Waals surface area contributed by atoms with E-state index in [4.69, 9.17) is 5.73 Å². The van der Waals surface area contributed by atoms with Gasteiger partial charge in [0.15, 0.2) is 0 Å². The molecule has 0 aliphatic heterocycles. The summed E-state index contributed by atoms with van der Waals surface area (Å²) in [4.78, 5) is 29.0. The molecule has 2 amide bonds. The number of thioether (sulfide) groups is 1. The molecule has 0 spiro atoms. The molecular formula is C22H18N4O2S. The van der Waals surface area contributed by atoms with Gasteiger partial charge in [0.1, 0.15) is 6.33 Å². The first-order valence-electron chi connectivity index (χ1n) is 8.96. The zero-order chi connectivity index (χ0) is 20.2. The van der Waals surface area contributed by atoms with Crippen molar-refractivity contribution in [1.82, 2.24) is 9.55 Å². The minimum absolute atomic E-state index is 0.118. The van der Waals surface area contributed by atoms with Gasteiger partial charge in [-0.3, -0.25) is 14.2 Å². The van der Waals surface area contributed by atoms with Gasteiger partial charge in [0, 0.05) is 16.3 Å². The molecule has 0 saturated heterocycles. The molecule has 6 nitrogen and oxygen atoms in total. The molecule has 0 saturated carbocycles. The lowest BCUT2D eigenvalue weighted by molar-refractivity contribution is -0.115. The topological polar surface area (TPSA) is 90.0 Å². The van der Waals surface area contributed by atoms with Gasteiger partial charge in [0.2, 0.25) is 5.91 Å². The van der Waals surface area contributed by atoms with Gasteiger partial charge < -0.3 is 11.1 Å². The molecule has 0 aliphatic rings. The lowest BCUT2D eigenvalue weighted by Gasteiger charge is -2.10. The Morgan fingerprint density at radius 3 is 2.55 bits per heavy atom. The normalized spacial score (nSPS) is 10.8. The zero-order valence-electron chi connectivity index (χ0n) is 15.4. The summed E-state index contributed by atoms with van der Waals surface area (Å²) >= 11 is 1.25. The molecule has 0 atom stereocenters. The summed E-state index contributed by atoms with van der Waals surface area (Å²) in [6.07, 6.45) is 1.77. The highest BCUT2D eigenvalue weighted by atomic mass is 32.2. The van der Waals surface area contributed by atoms with E-state index in [1.807, 2.05) is 59.2 Å². The Morgan fingerprint density at radius 2 is 1.76 bits per heavy atom. The van der Waals surface area contributed by atoms with Gasteiger partial charge in [-0.25, -0.2) is 4.98 Å². The number of carbonyl (C=O) groups is 2. The minimum Gasteiger partial charge on any atom is -0.369 e. The molecule has 0 radical (unpaired) electrons. The average Bonchev–Trinajstić information content (AvgIpc) is 3.16. The number of hydrogen-bond donors (Lipinski definition) is 2. The maximum atomic E-state index is 12.8. The second-order valence-corrected chi connectivity index (χ2v) is 7.38. The van der Waals surface area contributed by atoms with Gasteiger partial charge in [-0.15, -0.1) is 11.8 Å². The summed E-state index contributed by atoms with van der Waals surface area (Å²) in [5.41, 5.74) is 9.11. The molecule has 4 rings (SSSR count). The maximum absolute atomic E-state index is 12.8. The van der Waals surface area contributed by atoms with Crippen LogP contribution in [0.25, 0.3) is 16.7 Å². The van der Waals surface area contributed by atoms with E-state index < -0.39 is 5.91 Å². The molecule has 144 valence electrons. The van der Waals surface area contributed by atoms with Crippen LogP contribution in [0.1, 0.15) is 10.4 Å². The third kappa shape index (κ3) is 4.14. The number of nitrogens with one attached hydrogen (secondary N) is 1. The van der Waals surface area contributed by atoms with Crippen molar-refractivity contribution in [1.29, 1.82) is 0 Å². The van der Waals surface area contributed by atoms with Gasteiger partial charge in [-0.1, -0.05) is 30.3 Å². The number of hydrogen-bond acceptors (Lipinski definition) is 4. The summed E-state index contributed by atoms with van der Waals surface area (Å²) in [7, 11) is 0. The van der Waals surface area contributed by atoms with Crippen LogP contribution in [0.15, 0.2) is 84.0 Å². The number of imidazole rings is 1. The van der Waals surface area contributed by atoms with Crippen LogP contribution in [0.2, 0.25) is 0 Å². The highest BCUT2D eigenvalue weighted by Crippen LogP contribution is 2.25. The average molecular weight is 402 g/mol. The molecule has 0 aliphatic carbocycles. The van der Waals surface area contributed by atoms with Gasteiger partial charge in [-0.05, 0) is 42.5 Å². The second kappa shape index (κ2) is 8.20. The highest BCUT2D eigenvalue weighted by molar-refractivity contribution is 8.00. The Hall–Kier alpha value is -3.58. The van der Waals surface area contributed by atoms with Gasteiger partial charge in [0.25, 0.3) is 5.91 Å². The monoisotopic (exact) mass is 402 g/mol. The standard InChI is InChI=1S/C22H18N4O2S/c23-21(27)13-29-20-9-5-4-8-17(20)22(28)25-15-10-11-19-18(12-15)24-14-26(19)16-6-2-1-3-7-16/h1-12,14H,13H2,(H2,23,27)(H,25,28). The fourth-order valence-corrected chi connectivity index (χ4v) is 3.80. The summed E-state index contributed by atoms with van der Waals surface area (Å²) in [5.74, 6) is -0.559. The lowest BCUT2D eigenvalue weighted by Crippen LogP contribution is -2.15. The van der Waals surface area contributed by atoms with E-state index in [9.17, 15) is 9.59 Å². The first kappa shape index (κ1) is 18.8. The molecule has 29 heavy (non-hydrogen) atoms. The number of anilines is 1. The fourth-order valence-electron chi connectivity index (χ4n) is 3.01. The molecule has 3 N–H and O–H groups in total. The van der Waals surface area contributed by atoms with Crippen molar-refractivity contribution in [2.45, 2.75) is 4.90 Å². The Balaban J connectivity index is 1.57. The summed E-state index contributed by atoms with van der Waals surface area (Å²) in [5, 5.41) is 2.91. The van der Waals surface area contributed by atoms with E-state index in [0.29, 0.717) is 16.1 Å². The quantitative estimate of drug-likeness (QED) is 0.479. The van der Waals surface area contributed by atoms with Crippen molar-refractivity contribution >= 4 is 40.3 Å². The molecule has 7 heteroatoms. The molecule has 1 aromatic heterocycles. The minimum atomic E-state index is -0.426. The Bertz CT molecular complexity index is 1190. The Labute approximate surface area is 171 Å². The van der Waals surface area contributed by atoms with Crippen molar-refractivity contribution < 1.29 is 9.59 Å². The SMILES string of the molecule is NC(=O)CSc1ccccc1C(=O)Nc1ccc2c(c1)ncn2-c1ccccc1. The van der Waals surface area contributed by atoms with Crippen molar-refractivity contribution in [3.05, 3.63) is 84.7 Å². The summed E-state index contributed by atoms with van der Waals surface area (Å²) in [6, 6.07) is 22.7.